The fourth-order valence-electron chi connectivity index (χ4n) is 3.24. The van der Waals surface area contributed by atoms with Crippen molar-refractivity contribution in [1.82, 2.24) is 9.88 Å². The van der Waals surface area contributed by atoms with E-state index in [0.717, 1.165) is 38.2 Å². The van der Waals surface area contributed by atoms with Gasteiger partial charge in [-0.15, -0.1) is 0 Å². The lowest BCUT2D eigenvalue weighted by molar-refractivity contribution is 0.162. The Morgan fingerprint density at radius 2 is 2.28 bits per heavy atom. The van der Waals surface area contributed by atoms with E-state index in [2.05, 4.69) is 19.9 Å². The summed E-state index contributed by atoms with van der Waals surface area (Å²) in [6.45, 7) is 2.72. The van der Waals surface area contributed by atoms with Crippen LogP contribution in [0, 0.1) is 5.41 Å². The average Bonchev–Trinajstić information content (AvgIpc) is 2.65. The molecule has 1 N–H and O–H groups in total. The van der Waals surface area contributed by atoms with E-state index in [9.17, 15) is 4.79 Å². The number of fused-ring (bicyclic) bond motifs is 1. The van der Waals surface area contributed by atoms with Crippen LogP contribution >= 0.6 is 0 Å². The molecule has 1 spiro atoms. The highest BCUT2D eigenvalue weighted by atomic mass is 16.1. The second-order valence-corrected chi connectivity index (χ2v) is 5.14. The summed E-state index contributed by atoms with van der Waals surface area (Å²) in [5.74, 6) is 0. The van der Waals surface area contributed by atoms with Crippen molar-refractivity contribution >= 4 is 0 Å². The van der Waals surface area contributed by atoms with E-state index in [4.69, 9.17) is 5.53 Å². The maximum absolute atomic E-state index is 11.5. The zero-order valence-electron chi connectivity index (χ0n) is 10.0. The van der Waals surface area contributed by atoms with Crippen molar-refractivity contribution in [1.29, 1.82) is 0 Å². The first-order valence-electron chi connectivity index (χ1n) is 6.20. The number of pyridine rings is 1. The Kier molecular flexibility index (Phi) is 2.61. The number of rotatable bonds is 1. The molecule has 1 unspecified atom stereocenters. The van der Waals surface area contributed by atoms with Gasteiger partial charge in [0.05, 0.1) is 6.04 Å². The molecule has 18 heavy (non-hydrogen) atoms. The van der Waals surface area contributed by atoms with Gasteiger partial charge in [-0.3, -0.25) is 4.79 Å². The molecule has 0 aliphatic carbocycles. The maximum atomic E-state index is 11.5. The third-order valence-electron chi connectivity index (χ3n) is 4.15. The summed E-state index contributed by atoms with van der Waals surface area (Å²) in [5.41, 5.74) is 9.62. The van der Waals surface area contributed by atoms with Crippen LogP contribution in [0.4, 0.5) is 0 Å². The van der Waals surface area contributed by atoms with Gasteiger partial charge in [0.1, 0.15) is 0 Å². The highest BCUT2D eigenvalue weighted by Gasteiger charge is 2.46. The molecule has 3 rings (SSSR count). The van der Waals surface area contributed by atoms with E-state index >= 15 is 0 Å². The van der Waals surface area contributed by atoms with Gasteiger partial charge in [0.2, 0.25) is 0 Å². The maximum Gasteiger partial charge on any atom is 0.181 e. The van der Waals surface area contributed by atoms with Crippen molar-refractivity contribution in [2.45, 2.75) is 25.4 Å². The minimum absolute atomic E-state index is 0.0156. The number of hydrogen-bond acceptors (Lipinski definition) is 3. The normalized spacial score (nSPS) is 24.6. The summed E-state index contributed by atoms with van der Waals surface area (Å²) in [4.78, 5) is 14.5. The van der Waals surface area contributed by atoms with Crippen LogP contribution in [0.5, 0.6) is 0 Å². The number of azide groups is 1. The molecule has 0 radical (unpaired) electrons. The van der Waals surface area contributed by atoms with Crippen molar-refractivity contribution in [3.63, 3.8) is 0 Å². The standard InChI is InChI=1S/C12H15N5O/c13-16-15-11-10-7-9(18)1-6-17(10)8-12(11)2-4-14-5-3-12/h1,6-7,11,14H,2-5,8H2. The lowest BCUT2D eigenvalue weighted by Gasteiger charge is -2.36. The second kappa shape index (κ2) is 4.15. The molecule has 1 saturated heterocycles. The number of aromatic nitrogens is 1. The molecule has 2 aliphatic rings. The van der Waals surface area contributed by atoms with Crippen molar-refractivity contribution < 1.29 is 0 Å². The van der Waals surface area contributed by atoms with E-state index in [1.165, 1.54) is 0 Å². The molecule has 0 amide bonds. The van der Waals surface area contributed by atoms with Gasteiger partial charge < -0.3 is 9.88 Å². The molecule has 0 aromatic carbocycles. The Hall–Kier alpha value is -1.78. The van der Waals surface area contributed by atoms with Gasteiger partial charge in [0.15, 0.2) is 5.43 Å². The van der Waals surface area contributed by atoms with Crippen molar-refractivity contribution in [2.24, 2.45) is 10.5 Å². The van der Waals surface area contributed by atoms with Crippen LogP contribution in [0.15, 0.2) is 28.2 Å². The summed E-state index contributed by atoms with van der Waals surface area (Å²) < 4.78 is 2.06. The summed E-state index contributed by atoms with van der Waals surface area (Å²) in [5, 5.41) is 7.31. The fraction of sp³-hybridized carbons (Fsp3) is 0.583. The number of nitrogens with zero attached hydrogens (tertiary/aromatic N) is 4. The largest absolute Gasteiger partial charge is 0.350 e. The van der Waals surface area contributed by atoms with Crippen LogP contribution in [-0.4, -0.2) is 17.7 Å². The lowest BCUT2D eigenvalue weighted by Crippen LogP contribution is -2.39. The van der Waals surface area contributed by atoms with E-state index in [-0.39, 0.29) is 16.9 Å². The summed E-state index contributed by atoms with van der Waals surface area (Å²) in [6.07, 6.45) is 3.77. The average molecular weight is 245 g/mol. The van der Waals surface area contributed by atoms with Crippen LogP contribution in [0.2, 0.25) is 0 Å². The van der Waals surface area contributed by atoms with Crippen LogP contribution in [-0.2, 0) is 6.54 Å². The summed E-state index contributed by atoms with van der Waals surface area (Å²) >= 11 is 0. The molecule has 1 atom stereocenters. The van der Waals surface area contributed by atoms with E-state index < -0.39 is 0 Å². The van der Waals surface area contributed by atoms with Gasteiger partial charge in [0.25, 0.3) is 0 Å². The minimum atomic E-state index is -0.210. The van der Waals surface area contributed by atoms with Crippen LogP contribution < -0.4 is 10.7 Å². The van der Waals surface area contributed by atoms with Gasteiger partial charge in [0, 0.05) is 40.9 Å². The molecule has 2 aliphatic heterocycles. The van der Waals surface area contributed by atoms with E-state index in [0.29, 0.717) is 0 Å². The molecule has 3 heterocycles. The molecule has 6 nitrogen and oxygen atoms in total. The van der Waals surface area contributed by atoms with E-state index in [1.807, 2.05) is 6.20 Å². The molecule has 0 saturated carbocycles. The number of piperidine rings is 1. The third kappa shape index (κ3) is 1.62. The summed E-state index contributed by atoms with van der Waals surface area (Å²) in [6, 6.07) is 2.96. The summed E-state index contributed by atoms with van der Waals surface area (Å²) in [7, 11) is 0. The molecule has 1 fully saturated rings. The van der Waals surface area contributed by atoms with Gasteiger partial charge >= 0.3 is 0 Å². The Balaban J connectivity index is 2.10. The van der Waals surface area contributed by atoms with Crippen molar-refractivity contribution in [3.05, 3.63) is 44.7 Å². The molecule has 6 heteroatoms. The Bertz CT molecular complexity index is 566. The van der Waals surface area contributed by atoms with Crippen molar-refractivity contribution in [3.8, 4) is 0 Å². The first-order valence-corrected chi connectivity index (χ1v) is 6.20. The van der Waals surface area contributed by atoms with Gasteiger partial charge in [-0.1, -0.05) is 5.11 Å². The number of nitrogens with one attached hydrogen (secondary N) is 1. The highest BCUT2D eigenvalue weighted by Crippen LogP contribution is 2.49. The smallest absolute Gasteiger partial charge is 0.181 e. The first-order chi connectivity index (χ1) is 8.75. The van der Waals surface area contributed by atoms with Crippen LogP contribution in [0.1, 0.15) is 24.6 Å². The van der Waals surface area contributed by atoms with Crippen molar-refractivity contribution in [2.75, 3.05) is 13.1 Å². The Labute approximate surface area is 104 Å². The fourth-order valence-corrected chi connectivity index (χ4v) is 3.24. The van der Waals surface area contributed by atoms with Gasteiger partial charge in [-0.05, 0) is 31.5 Å². The minimum Gasteiger partial charge on any atom is -0.350 e. The highest BCUT2D eigenvalue weighted by molar-refractivity contribution is 5.21. The Morgan fingerprint density at radius 1 is 1.50 bits per heavy atom. The number of hydrogen-bond donors (Lipinski definition) is 1. The van der Waals surface area contributed by atoms with Gasteiger partial charge in [-0.2, -0.15) is 0 Å². The molecule has 1 aromatic rings. The second-order valence-electron chi connectivity index (χ2n) is 5.14. The predicted molar refractivity (Wildman–Crippen MR) is 67.1 cm³/mol. The van der Waals surface area contributed by atoms with Gasteiger partial charge in [-0.25, -0.2) is 0 Å². The van der Waals surface area contributed by atoms with E-state index in [1.54, 1.807) is 12.1 Å². The molecule has 1 aromatic heterocycles. The molecular weight excluding hydrogens is 230 g/mol. The quantitative estimate of drug-likeness (QED) is 0.463. The first kappa shape index (κ1) is 11.3. The third-order valence-corrected chi connectivity index (χ3v) is 4.15. The lowest BCUT2D eigenvalue weighted by atomic mass is 9.74. The SMILES string of the molecule is [N-]=[N+]=NC1c2cc(=O)ccn2CC12CCNCC2. The monoisotopic (exact) mass is 245 g/mol. The zero-order valence-corrected chi connectivity index (χ0v) is 10.0. The predicted octanol–water partition coefficient (Wildman–Crippen LogP) is 1.58. The molecule has 94 valence electrons. The zero-order chi connectivity index (χ0) is 12.6. The van der Waals surface area contributed by atoms with Crippen LogP contribution in [0.3, 0.4) is 0 Å². The topological polar surface area (TPSA) is 82.8 Å². The molecule has 0 bridgehead atoms. The molecular formula is C12H15N5O. The van der Waals surface area contributed by atoms with Crippen LogP contribution in [0.25, 0.3) is 10.4 Å². The Morgan fingerprint density at radius 3 is 3.00 bits per heavy atom.